The summed E-state index contributed by atoms with van der Waals surface area (Å²) < 4.78 is 5.26. The second-order valence-corrected chi connectivity index (χ2v) is 8.92. The molecular weight excluding hydrogens is 400 g/mol. The summed E-state index contributed by atoms with van der Waals surface area (Å²) in [6, 6.07) is 7.68. The summed E-state index contributed by atoms with van der Waals surface area (Å²) in [5.74, 6) is -1.10. The number of hydrogen-bond donors (Lipinski definition) is 1. The van der Waals surface area contributed by atoms with Gasteiger partial charge in [0.05, 0.1) is 18.1 Å². The summed E-state index contributed by atoms with van der Waals surface area (Å²) in [6.07, 6.45) is 4.04. The van der Waals surface area contributed by atoms with Crippen molar-refractivity contribution >= 4 is 39.8 Å². The number of carbonyl (C=O) groups is 3. The van der Waals surface area contributed by atoms with E-state index in [1.807, 2.05) is 31.2 Å². The normalized spacial score (nSPS) is 18.3. The Bertz CT molecular complexity index is 997. The fraction of sp³-hybridized carbons (Fsp3) is 0.435. The van der Waals surface area contributed by atoms with Crippen LogP contribution in [0.2, 0.25) is 0 Å². The van der Waals surface area contributed by atoms with Crippen LogP contribution < -0.4 is 10.2 Å². The SMILES string of the molecule is CCOC(=O)c1c(NC(=O)C2CC(=O)N(c3ccccc3C)C2)sc2c1CCCC2. The first-order chi connectivity index (χ1) is 14.5. The summed E-state index contributed by atoms with van der Waals surface area (Å²) in [5, 5.41) is 3.52. The average Bonchev–Trinajstić information content (AvgIpc) is 3.29. The topological polar surface area (TPSA) is 75.7 Å². The molecule has 0 spiro atoms. The van der Waals surface area contributed by atoms with E-state index in [1.54, 1.807) is 11.8 Å². The molecule has 0 saturated carbocycles. The zero-order valence-electron chi connectivity index (χ0n) is 17.3. The second-order valence-electron chi connectivity index (χ2n) is 7.82. The molecule has 1 N–H and O–H groups in total. The molecule has 2 amide bonds. The Morgan fingerprint density at radius 3 is 2.77 bits per heavy atom. The lowest BCUT2D eigenvalue weighted by Crippen LogP contribution is -2.28. The van der Waals surface area contributed by atoms with Crippen LogP contribution in [0.15, 0.2) is 24.3 Å². The third-order valence-corrected chi connectivity index (χ3v) is 7.00. The van der Waals surface area contributed by atoms with Crippen LogP contribution in [0.3, 0.4) is 0 Å². The van der Waals surface area contributed by atoms with Crippen LogP contribution in [-0.4, -0.2) is 30.9 Å². The number of hydrogen-bond acceptors (Lipinski definition) is 5. The molecular formula is C23H26N2O4S. The van der Waals surface area contributed by atoms with Crippen LogP contribution >= 0.6 is 11.3 Å². The summed E-state index contributed by atoms with van der Waals surface area (Å²) in [6.45, 7) is 4.37. The highest BCUT2D eigenvalue weighted by atomic mass is 32.1. The molecule has 1 aliphatic carbocycles. The molecule has 2 aromatic rings. The molecule has 6 nitrogen and oxygen atoms in total. The highest BCUT2D eigenvalue weighted by Gasteiger charge is 2.37. The Morgan fingerprint density at radius 2 is 2.00 bits per heavy atom. The molecule has 1 saturated heterocycles. The van der Waals surface area contributed by atoms with Crippen LogP contribution in [0.5, 0.6) is 0 Å². The molecule has 4 rings (SSSR count). The third-order valence-electron chi connectivity index (χ3n) is 5.79. The molecule has 0 bridgehead atoms. The van der Waals surface area contributed by atoms with Gasteiger partial charge in [0, 0.05) is 23.5 Å². The molecule has 2 aliphatic rings. The van der Waals surface area contributed by atoms with E-state index in [1.165, 1.54) is 11.3 Å². The highest BCUT2D eigenvalue weighted by Crippen LogP contribution is 2.39. The van der Waals surface area contributed by atoms with Crippen molar-refractivity contribution in [3.63, 3.8) is 0 Å². The largest absolute Gasteiger partial charge is 0.462 e. The number of aryl methyl sites for hydroxylation is 2. The number of fused-ring (bicyclic) bond motifs is 1. The molecule has 7 heteroatoms. The fourth-order valence-electron chi connectivity index (χ4n) is 4.27. The zero-order chi connectivity index (χ0) is 21.3. The van der Waals surface area contributed by atoms with Crippen LogP contribution in [0.25, 0.3) is 0 Å². The molecule has 30 heavy (non-hydrogen) atoms. The maximum Gasteiger partial charge on any atom is 0.341 e. The summed E-state index contributed by atoms with van der Waals surface area (Å²) >= 11 is 1.47. The van der Waals surface area contributed by atoms with Crippen LogP contribution in [0, 0.1) is 12.8 Å². The number of esters is 1. The van der Waals surface area contributed by atoms with Crippen molar-refractivity contribution in [1.82, 2.24) is 0 Å². The smallest absolute Gasteiger partial charge is 0.341 e. The van der Waals surface area contributed by atoms with Crippen LogP contribution in [0.4, 0.5) is 10.7 Å². The zero-order valence-corrected chi connectivity index (χ0v) is 18.1. The van der Waals surface area contributed by atoms with E-state index in [-0.39, 0.29) is 24.2 Å². The van der Waals surface area contributed by atoms with E-state index >= 15 is 0 Å². The van der Waals surface area contributed by atoms with Crippen molar-refractivity contribution in [2.75, 3.05) is 23.4 Å². The Morgan fingerprint density at radius 1 is 1.23 bits per heavy atom. The van der Waals surface area contributed by atoms with Gasteiger partial charge in [0.1, 0.15) is 5.00 Å². The van der Waals surface area contributed by atoms with Crippen molar-refractivity contribution < 1.29 is 19.1 Å². The van der Waals surface area contributed by atoms with Gasteiger partial charge in [-0.1, -0.05) is 18.2 Å². The molecule has 2 heterocycles. The molecule has 1 unspecified atom stereocenters. The third kappa shape index (κ3) is 3.86. The maximum absolute atomic E-state index is 13.0. The number of rotatable bonds is 5. The molecule has 0 radical (unpaired) electrons. The summed E-state index contributed by atoms with van der Waals surface area (Å²) in [5.41, 5.74) is 3.37. The number of anilines is 2. The molecule has 1 aromatic heterocycles. The van der Waals surface area contributed by atoms with Gasteiger partial charge in [0.15, 0.2) is 0 Å². The van der Waals surface area contributed by atoms with Gasteiger partial charge in [-0.25, -0.2) is 4.79 Å². The quantitative estimate of drug-likeness (QED) is 0.731. The van der Waals surface area contributed by atoms with Crippen molar-refractivity contribution in [2.45, 2.75) is 46.0 Å². The molecule has 158 valence electrons. The minimum atomic E-state index is -0.453. The number of para-hydroxylation sites is 1. The Kier molecular flexibility index (Phi) is 5.90. The van der Waals surface area contributed by atoms with Crippen molar-refractivity contribution in [2.24, 2.45) is 5.92 Å². The van der Waals surface area contributed by atoms with Crippen LogP contribution in [0.1, 0.15) is 52.5 Å². The lowest BCUT2D eigenvalue weighted by atomic mass is 9.95. The van der Waals surface area contributed by atoms with E-state index in [0.717, 1.165) is 47.4 Å². The first-order valence-corrected chi connectivity index (χ1v) is 11.3. The molecule has 1 aliphatic heterocycles. The Balaban J connectivity index is 1.54. The van der Waals surface area contributed by atoms with Gasteiger partial charge in [-0.05, 0) is 56.7 Å². The Labute approximate surface area is 180 Å². The van der Waals surface area contributed by atoms with Gasteiger partial charge in [0.2, 0.25) is 11.8 Å². The Hall–Kier alpha value is -2.67. The van der Waals surface area contributed by atoms with E-state index < -0.39 is 5.92 Å². The number of nitrogens with zero attached hydrogens (tertiary/aromatic N) is 1. The predicted octanol–water partition coefficient (Wildman–Crippen LogP) is 4.10. The number of benzene rings is 1. The number of thiophene rings is 1. The van der Waals surface area contributed by atoms with Crippen molar-refractivity contribution in [3.05, 3.63) is 45.8 Å². The molecule has 1 atom stereocenters. The van der Waals surface area contributed by atoms with E-state index in [0.29, 0.717) is 23.7 Å². The highest BCUT2D eigenvalue weighted by molar-refractivity contribution is 7.17. The van der Waals surface area contributed by atoms with Gasteiger partial charge in [-0.3, -0.25) is 9.59 Å². The van der Waals surface area contributed by atoms with E-state index in [4.69, 9.17) is 4.74 Å². The van der Waals surface area contributed by atoms with E-state index in [9.17, 15) is 14.4 Å². The minimum absolute atomic E-state index is 0.0551. The first-order valence-electron chi connectivity index (χ1n) is 10.5. The van der Waals surface area contributed by atoms with Gasteiger partial charge in [0.25, 0.3) is 0 Å². The lowest BCUT2D eigenvalue weighted by Gasteiger charge is -2.19. The van der Waals surface area contributed by atoms with Gasteiger partial charge in [-0.15, -0.1) is 11.3 Å². The second kappa shape index (κ2) is 8.60. The molecule has 1 fully saturated rings. The van der Waals surface area contributed by atoms with Crippen LogP contribution in [-0.2, 0) is 27.2 Å². The lowest BCUT2D eigenvalue weighted by molar-refractivity contribution is -0.122. The number of nitrogens with one attached hydrogen (secondary N) is 1. The van der Waals surface area contributed by atoms with Gasteiger partial charge >= 0.3 is 5.97 Å². The van der Waals surface area contributed by atoms with Crippen molar-refractivity contribution in [1.29, 1.82) is 0 Å². The van der Waals surface area contributed by atoms with Crippen molar-refractivity contribution in [3.8, 4) is 0 Å². The fourth-order valence-corrected chi connectivity index (χ4v) is 5.55. The monoisotopic (exact) mass is 426 g/mol. The number of ether oxygens (including phenoxy) is 1. The average molecular weight is 427 g/mol. The number of amides is 2. The van der Waals surface area contributed by atoms with E-state index in [2.05, 4.69) is 5.32 Å². The number of carbonyl (C=O) groups excluding carboxylic acids is 3. The summed E-state index contributed by atoms with van der Waals surface area (Å²) in [7, 11) is 0. The maximum atomic E-state index is 13.0. The summed E-state index contributed by atoms with van der Waals surface area (Å²) in [4.78, 5) is 41.1. The van der Waals surface area contributed by atoms with Gasteiger partial charge in [-0.2, -0.15) is 0 Å². The first kappa shape index (κ1) is 20.6. The van der Waals surface area contributed by atoms with Gasteiger partial charge < -0.3 is 15.0 Å². The molecule has 1 aromatic carbocycles. The standard InChI is InChI=1S/C23H26N2O4S/c1-3-29-23(28)20-16-9-5-7-11-18(16)30-22(20)24-21(27)15-12-19(26)25(13-15)17-10-6-4-8-14(17)2/h4,6,8,10,15H,3,5,7,9,11-13H2,1-2H3,(H,24,27). The minimum Gasteiger partial charge on any atom is -0.462 e. The predicted molar refractivity (Wildman–Crippen MR) is 117 cm³/mol.